The molecule has 0 aliphatic heterocycles. The van der Waals surface area contributed by atoms with Crippen molar-refractivity contribution in [3.05, 3.63) is 41.2 Å². The second-order valence-electron chi connectivity index (χ2n) is 3.07. The highest BCUT2D eigenvalue weighted by atomic mass is 35.5. The van der Waals surface area contributed by atoms with Crippen molar-refractivity contribution in [3.63, 3.8) is 0 Å². The minimum atomic E-state index is -0.564. The summed E-state index contributed by atoms with van der Waals surface area (Å²) in [4.78, 5) is 11.7. The van der Waals surface area contributed by atoms with Gasteiger partial charge in [-0.15, -0.1) is 0 Å². The minimum Gasteiger partial charge on any atom is -0.330 e. The SMILES string of the molecule is Cc1nc(Cn2ccnc2)nc(Cl)c1F. The number of rotatable bonds is 2. The number of hydrogen-bond donors (Lipinski definition) is 0. The fourth-order valence-electron chi connectivity index (χ4n) is 1.19. The van der Waals surface area contributed by atoms with Gasteiger partial charge in [-0.25, -0.2) is 19.3 Å². The maximum absolute atomic E-state index is 13.1. The summed E-state index contributed by atoms with van der Waals surface area (Å²) >= 11 is 5.61. The first-order valence-electron chi connectivity index (χ1n) is 4.31. The van der Waals surface area contributed by atoms with Crippen molar-refractivity contribution >= 4 is 11.6 Å². The lowest BCUT2D eigenvalue weighted by Gasteiger charge is -2.04. The van der Waals surface area contributed by atoms with Crippen LogP contribution in [0.15, 0.2) is 18.7 Å². The molecule has 0 aromatic carbocycles. The first-order chi connectivity index (χ1) is 7.16. The highest BCUT2D eigenvalue weighted by molar-refractivity contribution is 6.29. The summed E-state index contributed by atoms with van der Waals surface area (Å²) in [6, 6.07) is 0. The molecule has 2 aromatic heterocycles. The molecule has 2 aromatic rings. The molecule has 0 saturated heterocycles. The summed E-state index contributed by atoms with van der Waals surface area (Å²) in [7, 11) is 0. The predicted octanol–water partition coefficient (Wildman–Crippen LogP) is 1.82. The molecule has 0 atom stereocenters. The van der Waals surface area contributed by atoms with Gasteiger partial charge in [0.05, 0.1) is 18.6 Å². The molecule has 6 heteroatoms. The lowest BCUT2D eigenvalue weighted by atomic mass is 10.4. The van der Waals surface area contributed by atoms with Crippen molar-refractivity contribution < 1.29 is 4.39 Å². The van der Waals surface area contributed by atoms with Gasteiger partial charge in [-0.3, -0.25) is 0 Å². The van der Waals surface area contributed by atoms with Crippen molar-refractivity contribution in [2.45, 2.75) is 13.5 Å². The predicted molar refractivity (Wildman–Crippen MR) is 53.1 cm³/mol. The van der Waals surface area contributed by atoms with Gasteiger partial charge in [0.2, 0.25) is 0 Å². The van der Waals surface area contributed by atoms with E-state index >= 15 is 0 Å². The molecule has 0 amide bonds. The first kappa shape index (κ1) is 10.0. The molecule has 0 bridgehead atoms. The van der Waals surface area contributed by atoms with Crippen molar-refractivity contribution in [3.8, 4) is 0 Å². The van der Waals surface area contributed by atoms with Crippen LogP contribution >= 0.6 is 11.6 Å². The maximum Gasteiger partial charge on any atom is 0.181 e. The largest absolute Gasteiger partial charge is 0.330 e. The quantitative estimate of drug-likeness (QED) is 0.734. The first-order valence-corrected chi connectivity index (χ1v) is 4.69. The van der Waals surface area contributed by atoms with Gasteiger partial charge in [-0.05, 0) is 6.92 Å². The lowest BCUT2D eigenvalue weighted by molar-refractivity contribution is 0.592. The van der Waals surface area contributed by atoms with Crippen LogP contribution in [0.4, 0.5) is 4.39 Å². The van der Waals surface area contributed by atoms with Gasteiger partial charge >= 0.3 is 0 Å². The molecule has 78 valence electrons. The third-order valence-electron chi connectivity index (χ3n) is 1.91. The molecule has 2 rings (SSSR count). The Kier molecular flexibility index (Phi) is 2.64. The average Bonchev–Trinajstić information content (AvgIpc) is 2.66. The van der Waals surface area contributed by atoms with Gasteiger partial charge in [0.1, 0.15) is 5.82 Å². The summed E-state index contributed by atoms with van der Waals surface area (Å²) in [5.41, 5.74) is 0.255. The number of aromatic nitrogens is 4. The fraction of sp³-hybridized carbons (Fsp3) is 0.222. The number of halogens is 2. The van der Waals surface area contributed by atoms with Crippen LogP contribution in [-0.4, -0.2) is 19.5 Å². The van der Waals surface area contributed by atoms with E-state index < -0.39 is 5.82 Å². The molecule has 0 radical (unpaired) electrons. The van der Waals surface area contributed by atoms with Gasteiger partial charge in [0.25, 0.3) is 0 Å². The van der Waals surface area contributed by atoms with E-state index in [4.69, 9.17) is 11.6 Å². The molecule has 0 spiro atoms. The lowest BCUT2D eigenvalue weighted by Crippen LogP contribution is -2.05. The van der Waals surface area contributed by atoms with E-state index in [2.05, 4.69) is 15.0 Å². The van der Waals surface area contributed by atoms with Gasteiger partial charge in [-0.2, -0.15) is 0 Å². The molecule has 0 aliphatic carbocycles. The van der Waals surface area contributed by atoms with Gasteiger partial charge < -0.3 is 4.57 Å². The van der Waals surface area contributed by atoms with E-state index in [1.54, 1.807) is 30.2 Å². The van der Waals surface area contributed by atoms with Crippen LogP contribution in [0.1, 0.15) is 11.5 Å². The third-order valence-corrected chi connectivity index (χ3v) is 2.16. The smallest absolute Gasteiger partial charge is 0.181 e. The normalized spacial score (nSPS) is 10.6. The van der Waals surface area contributed by atoms with Gasteiger partial charge in [0, 0.05) is 12.4 Å². The van der Waals surface area contributed by atoms with Gasteiger partial charge in [-0.1, -0.05) is 11.6 Å². The Morgan fingerprint density at radius 3 is 2.87 bits per heavy atom. The number of imidazole rings is 1. The topological polar surface area (TPSA) is 43.6 Å². The summed E-state index contributed by atoms with van der Waals surface area (Å²) < 4.78 is 14.9. The zero-order chi connectivity index (χ0) is 10.8. The number of nitrogens with zero attached hydrogens (tertiary/aromatic N) is 4. The molecule has 0 aliphatic rings. The molecule has 0 saturated carbocycles. The van der Waals surface area contributed by atoms with Crippen molar-refractivity contribution in [1.29, 1.82) is 0 Å². The van der Waals surface area contributed by atoms with Crippen molar-refractivity contribution in [2.75, 3.05) is 0 Å². The highest BCUT2D eigenvalue weighted by Gasteiger charge is 2.09. The maximum atomic E-state index is 13.1. The van der Waals surface area contributed by atoms with E-state index in [-0.39, 0.29) is 10.8 Å². The van der Waals surface area contributed by atoms with E-state index in [1.165, 1.54) is 0 Å². The van der Waals surface area contributed by atoms with Crippen LogP contribution in [0.5, 0.6) is 0 Å². The van der Waals surface area contributed by atoms with Crippen LogP contribution < -0.4 is 0 Å². The van der Waals surface area contributed by atoms with Crippen LogP contribution in [0.25, 0.3) is 0 Å². The molecule has 0 N–H and O–H groups in total. The second-order valence-corrected chi connectivity index (χ2v) is 3.42. The van der Waals surface area contributed by atoms with Crippen LogP contribution in [-0.2, 0) is 6.54 Å². The van der Waals surface area contributed by atoms with E-state index in [0.29, 0.717) is 12.4 Å². The summed E-state index contributed by atoms with van der Waals surface area (Å²) in [5.74, 6) is -0.0945. The van der Waals surface area contributed by atoms with Crippen molar-refractivity contribution in [2.24, 2.45) is 0 Å². The van der Waals surface area contributed by atoms with Crippen LogP contribution in [0.3, 0.4) is 0 Å². The third kappa shape index (κ3) is 2.12. The molecule has 2 heterocycles. The number of hydrogen-bond acceptors (Lipinski definition) is 3. The zero-order valence-electron chi connectivity index (χ0n) is 7.98. The molecular weight excluding hydrogens is 219 g/mol. The Bertz CT molecular complexity index is 446. The molecule has 4 nitrogen and oxygen atoms in total. The molecule has 0 fully saturated rings. The molecule has 0 unspecified atom stereocenters. The summed E-state index contributed by atoms with van der Waals surface area (Å²) in [6.07, 6.45) is 5.06. The zero-order valence-corrected chi connectivity index (χ0v) is 8.74. The Morgan fingerprint density at radius 1 is 1.47 bits per heavy atom. The fourth-order valence-corrected chi connectivity index (χ4v) is 1.43. The van der Waals surface area contributed by atoms with Crippen molar-refractivity contribution in [1.82, 2.24) is 19.5 Å². The summed E-state index contributed by atoms with van der Waals surface area (Å²) in [6.45, 7) is 1.99. The molecule has 15 heavy (non-hydrogen) atoms. The number of aryl methyl sites for hydroxylation is 1. The van der Waals surface area contributed by atoms with Crippen LogP contribution in [0.2, 0.25) is 5.15 Å². The van der Waals surface area contributed by atoms with E-state index in [1.807, 2.05) is 0 Å². The Balaban J connectivity index is 2.30. The van der Waals surface area contributed by atoms with Crippen LogP contribution in [0, 0.1) is 12.7 Å². The molecular formula is C9H8ClFN4. The van der Waals surface area contributed by atoms with E-state index in [0.717, 1.165) is 0 Å². The Hall–Kier alpha value is -1.49. The Morgan fingerprint density at radius 2 is 2.27 bits per heavy atom. The van der Waals surface area contributed by atoms with Gasteiger partial charge in [0.15, 0.2) is 11.0 Å². The second kappa shape index (κ2) is 3.94. The highest BCUT2D eigenvalue weighted by Crippen LogP contribution is 2.14. The average molecular weight is 227 g/mol. The Labute approximate surface area is 90.8 Å². The standard InChI is InChI=1S/C9H8ClFN4/c1-6-8(11)9(10)14-7(13-6)4-15-3-2-12-5-15/h2-3,5H,4H2,1H3. The monoisotopic (exact) mass is 226 g/mol. The summed E-state index contributed by atoms with van der Waals surface area (Å²) in [5, 5.41) is -0.141. The minimum absolute atomic E-state index is 0.141. The van der Waals surface area contributed by atoms with E-state index in [9.17, 15) is 4.39 Å².